The average Bonchev–Trinajstić information content (AvgIpc) is 3.11. The van der Waals surface area contributed by atoms with Gasteiger partial charge in [0.15, 0.2) is 11.4 Å². The summed E-state index contributed by atoms with van der Waals surface area (Å²) in [7, 11) is 0. The van der Waals surface area contributed by atoms with E-state index in [-0.39, 0.29) is 42.5 Å². The van der Waals surface area contributed by atoms with E-state index in [9.17, 15) is 24.6 Å². The van der Waals surface area contributed by atoms with E-state index in [0.29, 0.717) is 11.1 Å². The maximum atomic E-state index is 13.0. The Morgan fingerprint density at radius 1 is 1.19 bits per heavy atom. The quantitative estimate of drug-likeness (QED) is 0.518. The van der Waals surface area contributed by atoms with E-state index in [0.717, 1.165) is 0 Å². The zero-order valence-electron chi connectivity index (χ0n) is 19.0. The van der Waals surface area contributed by atoms with Crippen LogP contribution in [0.15, 0.2) is 23.3 Å². The highest BCUT2D eigenvalue weighted by atomic mass is 16.6. The van der Waals surface area contributed by atoms with E-state index in [1.807, 2.05) is 32.9 Å². The number of Topliss-reactive ketones (excluding diaryl/α,β-unsaturated/α-hetero) is 1. The Labute approximate surface area is 182 Å². The molecule has 0 amide bonds. The predicted molar refractivity (Wildman–Crippen MR) is 110 cm³/mol. The Morgan fingerprint density at radius 2 is 1.84 bits per heavy atom. The minimum Gasteiger partial charge on any atom is -0.458 e. The lowest BCUT2D eigenvalue weighted by Crippen LogP contribution is -2.56. The second-order valence-corrected chi connectivity index (χ2v) is 10.4. The number of ether oxygens (including phenoxy) is 2. The SMILES string of the molecule is CC(=O)O[C@@H]1[C@@H](C)C2[C@@H](C=C(CO)C[C@]3(O)C(=O)C(C)=C[C@@H]23)[C@@H]2C(C)(C)[C@]12OC(C)=O. The molecule has 0 aromatic heterocycles. The van der Waals surface area contributed by atoms with Crippen LogP contribution < -0.4 is 0 Å². The van der Waals surface area contributed by atoms with Crippen LogP contribution in [-0.4, -0.2) is 51.8 Å². The molecule has 2 saturated carbocycles. The molecular weight excluding hydrogens is 400 g/mol. The summed E-state index contributed by atoms with van der Waals surface area (Å²) in [5.74, 6) is -2.57. The number of carbonyl (C=O) groups excluding carboxylic acids is 3. The number of ketones is 1. The van der Waals surface area contributed by atoms with Crippen LogP contribution in [0, 0.1) is 35.0 Å². The van der Waals surface area contributed by atoms with E-state index in [1.54, 1.807) is 6.92 Å². The van der Waals surface area contributed by atoms with Crippen molar-refractivity contribution in [3.05, 3.63) is 23.3 Å². The molecule has 0 heterocycles. The Bertz CT molecular complexity index is 915. The predicted octanol–water partition coefficient (Wildman–Crippen LogP) is 1.96. The first-order valence-corrected chi connectivity index (χ1v) is 11.0. The molecule has 7 nitrogen and oxygen atoms in total. The van der Waals surface area contributed by atoms with Gasteiger partial charge in [-0.3, -0.25) is 14.4 Å². The van der Waals surface area contributed by atoms with Crippen molar-refractivity contribution in [3.63, 3.8) is 0 Å². The molecule has 0 aromatic carbocycles. The second-order valence-electron chi connectivity index (χ2n) is 10.4. The zero-order valence-corrected chi connectivity index (χ0v) is 19.0. The van der Waals surface area contributed by atoms with Crippen LogP contribution >= 0.6 is 0 Å². The molecule has 4 aliphatic rings. The number of aliphatic hydroxyl groups excluding tert-OH is 1. The summed E-state index contributed by atoms with van der Waals surface area (Å²) in [5.41, 5.74) is -2.00. The summed E-state index contributed by atoms with van der Waals surface area (Å²) >= 11 is 0. The summed E-state index contributed by atoms with van der Waals surface area (Å²) in [5, 5.41) is 21.6. The molecule has 0 radical (unpaired) electrons. The number of carbonyl (C=O) groups is 3. The van der Waals surface area contributed by atoms with E-state index in [4.69, 9.17) is 9.47 Å². The van der Waals surface area contributed by atoms with Gasteiger partial charge in [-0.05, 0) is 29.9 Å². The zero-order chi connectivity index (χ0) is 23.1. The minimum atomic E-state index is -1.63. The van der Waals surface area contributed by atoms with Crippen LogP contribution in [0.3, 0.4) is 0 Å². The van der Waals surface area contributed by atoms with Gasteiger partial charge in [-0.25, -0.2) is 0 Å². The lowest BCUT2D eigenvalue weighted by molar-refractivity contribution is -0.192. The van der Waals surface area contributed by atoms with E-state index < -0.39 is 40.6 Å². The molecule has 0 aromatic rings. The number of esters is 2. The molecule has 4 aliphatic carbocycles. The fourth-order valence-corrected chi connectivity index (χ4v) is 7.30. The molecule has 7 heteroatoms. The summed E-state index contributed by atoms with van der Waals surface area (Å²) < 4.78 is 11.7. The highest BCUT2D eigenvalue weighted by Gasteiger charge is 2.85. The van der Waals surface area contributed by atoms with Gasteiger partial charge in [0.2, 0.25) is 0 Å². The van der Waals surface area contributed by atoms with Gasteiger partial charge in [0.1, 0.15) is 11.7 Å². The third-order valence-electron chi connectivity index (χ3n) is 8.38. The van der Waals surface area contributed by atoms with Gasteiger partial charge in [0.25, 0.3) is 0 Å². The average molecular weight is 433 g/mol. The van der Waals surface area contributed by atoms with Crippen LogP contribution in [0.2, 0.25) is 0 Å². The van der Waals surface area contributed by atoms with E-state index >= 15 is 0 Å². The lowest BCUT2D eigenvalue weighted by atomic mass is 9.62. The van der Waals surface area contributed by atoms with E-state index in [1.165, 1.54) is 13.8 Å². The van der Waals surface area contributed by atoms with Gasteiger partial charge >= 0.3 is 11.9 Å². The largest absolute Gasteiger partial charge is 0.458 e. The summed E-state index contributed by atoms with van der Waals surface area (Å²) in [6.07, 6.45) is 3.17. The van der Waals surface area contributed by atoms with Crippen molar-refractivity contribution in [1.29, 1.82) is 0 Å². The Kier molecular flexibility index (Phi) is 4.84. The van der Waals surface area contributed by atoms with Gasteiger partial charge in [-0.1, -0.05) is 32.9 Å². The van der Waals surface area contributed by atoms with Crippen LogP contribution in [0.4, 0.5) is 0 Å². The Morgan fingerprint density at radius 3 is 2.39 bits per heavy atom. The lowest BCUT2D eigenvalue weighted by Gasteiger charge is -2.47. The van der Waals surface area contributed by atoms with Crippen LogP contribution in [0.25, 0.3) is 0 Å². The van der Waals surface area contributed by atoms with Crippen molar-refractivity contribution in [3.8, 4) is 0 Å². The first-order chi connectivity index (χ1) is 14.3. The van der Waals surface area contributed by atoms with Crippen LogP contribution in [0.5, 0.6) is 0 Å². The van der Waals surface area contributed by atoms with Crippen molar-refractivity contribution in [1.82, 2.24) is 0 Å². The van der Waals surface area contributed by atoms with Crippen molar-refractivity contribution < 1.29 is 34.1 Å². The van der Waals surface area contributed by atoms with Gasteiger partial charge in [0.05, 0.1) is 6.61 Å². The normalized spacial score (nSPS) is 44.7. The smallest absolute Gasteiger partial charge is 0.303 e. The van der Waals surface area contributed by atoms with Gasteiger partial charge < -0.3 is 19.7 Å². The Balaban J connectivity index is 1.91. The summed E-state index contributed by atoms with van der Waals surface area (Å²) in [4.78, 5) is 37.1. The minimum absolute atomic E-state index is 0.0620. The fraction of sp³-hybridized carbons (Fsp3) is 0.708. The molecule has 8 atom stereocenters. The molecular formula is C24H32O7. The molecule has 0 aliphatic heterocycles. The van der Waals surface area contributed by atoms with Crippen LogP contribution in [0.1, 0.15) is 48.0 Å². The molecule has 31 heavy (non-hydrogen) atoms. The monoisotopic (exact) mass is 432 g/mol. The van der Waals surface area contributed by atoms with Gasteiger partial charge in [0, 0.05) is 43.4 Å². The summed E-state index contributed by atoms with van der Waals surface area (Å²) in [6.45, 7) is 10.1. The maximum Gasteiger partial charge on any atom is 0.303 e. The molecule has 4 rings (SSSR count). The van der Waals surface area contributed by atoms with Gasteiger partial charge in [-0.2, -0.15) is 0 Å². The number of hydrogen-bond donors (Lipinski definition) is 2. The molecule has 170 valence electrons. The highest BCUT2D eigenvalue weighted by molar-refractivity contribution is 6.04. The number of rotatable bonds is 3. The number of aliphatic hydroxyl groups is 2. The molecule has 0 spiro atoms. The second kappa shape index (κ2) is 6.75. The van der Waals surface area contributed by atoms with Crippen molar-refractivity contribution in [2.75, 3.05) is 6.61 Å². The Hall–Kier alpha value is -1.99. The maximum absolute atomic E-state index is 13.0. The van der Waals surface area contributed by atoms with Crippen molar-refractivity contribution >= 4 is 17.7 Å². The van der Waals surface area contributed by atoms with Crippen molar-refractivity contribution in [2.24, 2.45) is 35.0 Å². The standard InChI is InChI=1S/C24H32O7/c1-11-7-17-18-12(2)21(30-13(3)26)24(31-14(4)27)19(22(24,5)6)16(18)8-15(10-25)9-23(17,29)20(11)28/h7-8,12,16-19,21,25,29H,9-10H2,1-6H3/t12-,16+,17-,18?,19+,21+,23+,24+/m0/s1. The number of hydrogen-bond acceptors (Lipinski definition) is 7. The highest BCUT2D eigenvalue weighted by Crippen LogP contribution is 2.76. The first kappa shape index (κ1) is 22.2. The number of fused-ring (bicyclic) bond motifs is 5. The topological polar surface area (TPSA) is 110 Å². The van der Waals surface area contributed by atoms with Gasteiger partial charge in [-0.15, -0.1) is 0 Å². The molecule has 0 saturated heterocycles. The van der Waals surface area contributed by atoms with E-state index in [2.05, 4.69) is 0 Å². The third-order valence-corrected chi connectivity index (χ3v) is 8.38. The molecule has 2 fully saturated rings. The number of allylic oxidation sites excluding steroid dienone is 1. The first-order valence-electron chi connectivity index (χ1n) is 11.0. The molecule has 1 unspecified atom stereocenters. The summed E-state index contributed by atoms with van der Waals surface area (Å²) in [6, 6.07) is 0. The molecule has 0 bridgehead atoms. The fourth-order valence-electron chi connectivity index (χ4n) is 7.30. The third kappa shape index (κ3) is 2.75. The van der Waals surface area contributed by atoms with Crippen molar-refractivity contribution in [2.45, 2.75) is 65.3 Å². The van der Waals surface area contributed by atoms with Crippen LogP contribution in [-0.2, 0) is 23.9 Å². The molecule has 2 N–H and O–H groups in total.